The van der Waals surface area contributed by atoms with Gasteiger partial charge >= 0.3 is 6.18 Å². The minimum absolute atomic E-state index is 0.0121. The Morgan fingerprint density at radius 1 is 0.900 bits per heavy atom. The highest BCUT2D eigenvalue weighted by molar-refractivity contribution is 5.96. The van der Waals surface area contributed by atoms with Crippen molar-refractivity contribution in [2.45, 2.75) is 33.0 Å². The zero-order valence-corrected chi connectivity index (χ0v) is 22.3. The fraction of sp³-hybridized carbons (Fsp3) is 0.290. The lowest BCUT2D eigenvalue weighted by atomic mass is 10.1. The van der Waals surface area contributed by atoms with E-state index in [9.17, 15) is 27.2 Å². The molecule has 5 nitrogen and oxygen atoms in total. The fourth-order valence-corrected chi connectivity index (χ4v) is 4.63. The summed E-state index contributed by atoms with van der Waals surface area (Å²) < 4.78 is 53.6. The number of nitrogens with zero attached hydrogens (tertiary/aromatic N) is 2. The summed E-state index contributed by atoms with van der Waals surface area (Å²) in [6.07, 6.45) is -2.10. The topological polar surface area (TPSA) is 56.4 Å². The van der Waals surface area contributed by atoms with E-state index in [-0.39, 0.29) is 43.6 Å². The SMILES string of the molecule is CC(C)CN(CC(=O)N(CCc1c[nH]c2ccccc12)Cc1ccc(C(F)(F)F)cc1)C(=O)c1ccccc1F. The van der Waals surface area contributed by atoms with Gasteiger partial charge in [-0.1, -0.05) is 56.3 Å². The van der Waals surface area contributed by atoms with Gasteiger partial charge in [-0.25, -0.2) is 4.39 Å². The van der Waals surface area contributed by atoms with E-state index in [1.807, 2.05) is 44.3 Å². The van der Waals surface area contributed by atoms with Gasteiger partial charge in [0.25, 0.3) is 5.91 Å². The quantitative estimate of drug-likeness (QED) is 0.222. The van der Waals surface area contributed by atoms with Crippen LogP contribution in [0.5, 0.6) is 0 Å². The number of rotatable bonds is 10. The van der Waals surface area contributed by atoms with Gasteiger partial charge in [-0.2, -0.15) is 13.2 Å². The Hall–Kier alpha value is -4.14. The van der Waals surface area contributed by atoms with Crippen LogP contribution in [0.4, 0.5) is 17.6 Å². The summed E-state index contributed by atoms with van der Waals surface area (Å²) in [7, 11) is 0. The molecule has 0 aliphatic heterocycles. The molecule has 0 bridgehead atoms. The molecular weight excluding hydrogens is 522 g/mol. The number of carbonyl (C=O) groups excluding carboxylic acids is 2. The predicted molar refractivity (Wildman–Crippen MR) is 146 cm³/mol. The molecule has 1 heterocycles. The van der Waals surface area contributed by atoms with Crippen molar-refractivity contribution < 1.29 is 27.2 Å². The Bertz CT molecular complexity index is 1460. The maximum absolute atomic E-state index is 14.4. The number of aromatic amines is 1. The highest BCUT2D eigenvalue weighted by Crippen LogP contribution is 2.29. The van der Waals surface area contributed by atoms with Gasteiger partial charge in [-0.05, 0) is 53.8 Å². The van der Waals surface area contributed by atoms with Gasteiger partial charge < -0.3 is 14.8 Å². The minimum atomic E-state index is -4.46. The first-order valence-electron chi connectivity index (χ1n) is 13.1. The monoisotopic (exact) mass is 553 g/mol. The molecule has 0 aliphatic rings. The van der Waals surface area contributed by atoms with Crippen molar-refractivity contribution in [3.63, 3.8) is 0 Å². The highest BCUT2D eigenvalue weighted by Gasteiger charge is 2.30. The standard InChI is InChI=1S/C31H31F4N3O2/c1-21(2)18-38(30(40)26-8-3-5-9-27(26)32)20-29(39)37(19-22-11-13-24(14-12-22)31(33,34)35)16-15-23-17-36-28-10-6-4-7-25(23)28/h3-14,17,21,36H,15-16,18-20H2,1-2H3. The van der Waals surface area contributed by atoms with Crippen molar-refractivity contribution in [1.82, 2.24) is 14.8 Å². The van der Waals surface area contributed by atoms with Crippen molar-refractivity contribution >= 4 is 22.7 Å². The Labute approximate surface area is 230 Å². The second-order valence-electron chi connectivity index (χ2n) is 10.2. The van der Waals surface area contributed by atoms with E-state index in [2.05, 4.69) is 4.98 Å². The second kappa shape index (κ2) is 12.4. The number of aromatic nitrogens is 1. The minimum Gasteiger partial charge on any atom is -0.361 e. The lowest BCUT2D eigenvalue weighted by Gasteiger charge is -2.29. The van der Waals surface area contributed by atoms with Gasteiger partial charge in [0.1, 0.15) is 12.4 Å². The van der Waals surface area contributed by atoms with Crippen LogP contribution in [0.25, 0.3) is 10.9 Å². The highest BCUT2D eigenvalue weighted by atomic mass is 19.4. The Morgan fingerprint density at radius 3 is 2.25 bits per heavy atom. The first-order chi connectivity index (χ1) is 19.0. The van der Waals surface area contributed by atoms with Gasteiger partial charge in [-0.3, -0.25) is 9.59 Å². The van der Waals surface area contributed by atoms with Gasteiger partial charge in [0.05, 0.1) is 11.1 Å². The van der Waals surface area contributed by atoms with Crippen molar-refractivity contribution in [2.24, 2.45) is 5.92 Å². The van der Waals surface area contributed by atoms with Crippen LogP contribution in [0.2, 0.25) is 0 Å². The summed E-state index contributed by atoms with van der Waals surface area (Å²) in [5.41, 5.74) is 1.57. The number of carbonyl (C=O) groups is 2. The van der Waals surface area contributed by atoms with Crippen LogP contribution in [0.15, 0.2) is 79.0 Å². The van der Waals surface area contributed by atoms with Gasteiger partial charge in [0.2, 0.25) is 5.91 Å². The van der Waals surface area contributed by atoms with E-state index in [0.29, 0.717) is 12.0 Å². The Balaban J connectivity index is 1.58. The molecular formula is C31H31F4N3O2. The van der Waals surface area contributed by atoms with Crippen LogP contribution in [0.1, 0.15) is 40.9 Å². The number of halogens is 4. The predicted octanol–water partition coefficient (Wildman–Crippen LogP) is 6.70. The lowest BCUT2D eigenvalue weighted by Crippen LogP contribution is -2.44. The van der Waals surface area contributed by atoms with E-state index >= 15 is 0 Å². The summed E-state index contributed by atoms with van der Waals surface area (Å²) in [5.74, 6) is -1.64. The van der Waals surface area contributed by atoms with E-state index < -0.39 is 23.5 Å². The van der Waals surface area contributed by atoms with Gasteiger partial charge in [0, 0.05) is 36.7 Å². The molecule has 2 amide bonds. The lowest BCUT2D eigenvalue weighted by molar-refractivity contribution is -0.137. The smallest absolute Gasteiger partial charge is 0.361 e. The molecule has 4 rings (SSSR count). The van der Waals surface area contributed by atoms with E-state index in [0.717, 1.165) is 28.6 Å². The van der Waals surface area contributed by atoms with Crippen LogP contribution >= 0.6 is 0 Å². The number of benzene rings is 3. The van der Waals surface area contributed by atoms with Crippen molar-refractivity contribution in [1.29, 1.82) is 0 Å². The molecule has 210 valence electrons. The molecule has 3 aromatic carbocycles. The Kier molecular flexibility index (Phi) is 8.92. The third kappa shape index (κ3) is 7.08. The van der Waals surface area contributed by atoms with E-state index in [4.69, 9.17) is 0 Å². The van der Waals surface area contributed by atoms with Gasteiger partial charge in [0.15, 0.2) is 0 Å². The molecule has 1 N–H and O–H groups in total. The van der Waals surface area contributed by atoms with Crippen LogP contribution in [0.3, 0.4) is 0 Å². The molecule has 0 atom stereocenters. The molecule has 0 saturated carbocycles. The summed E-state index contributed by atoms with van der Waals surface area (Å²) in [5, 5.41) is 1.01. The normalized spacial score (nSPS) is 11.7. The molecule has 0 saturated heterocycles. The van der Waals surface area contributed by atoms with Crippen molar-refractivity contribution in [3.8, 4) is 0 Å². The van der Waals surface area contributed by atoms with Crippen molar-refractivity contribution in [2.75, 3.05) is 19.6 Å². The molecule has 4 aromatic rings. The molecule has 0 spiro atoms. The van der Waals surface area contributed by atoms with Crippen molar-refractivity contribution in [3.05, 3.63) is 107 Å². The first-order valence-corrected chi connectivity index (χ1v) is 13.1. The third-order valence-corrected chi connectivity index (χ3v) is 6.64. The van der Waals surface area contributed by atoms with Crippen LogP contribution < -0.4 is 0 Å². The van der Waals surface area contributed by atoms with Crippen LogP contribution in [0, 0.1) is 11.7 Å². The number of H-pyrrole nitrogens is 1. The number of hydrogen-bond acceptors (Lipinski definition) is 2. The number of fused-ring (bicyclic) bond motifs is 1. The van der Waals surface area contributed by atoms with Gasteiger partial charge in [-0.15, -0.1) is 0 Å². The maximum Gasteiger partial charge on any atom is 0.416 e. The summed E-state index contributed by atoms with van der Waals surface area (Å²) in [6, 6.07) is 18.1. The number of nitrogens with one attached hydrogen (secondary N) is 1. The molecule has 0 unspecified atom stereocenters. The number of alkyl halides is 3. The molecule has 0 fully saturated rings. The Morgan fingerprint density at radius 2 is 1.57 bits per heavy atom. The largest absolute Gasteiger partial charge is 0.416 e. The fourth-order valence-electron chi connectivity index (χ4n) is 4.63. The van der Waals surface area contributed by atoms with Crippen LogP contribution in [-0.2, 0) is 23.9 Å². The van der Waals surface area contributed by atoms with Crippen LogP contribution in [-0.4, -0.2) is 46.2 Å². The zero-order valence-electron chi connectivity index (χ0n) is 22.3. The van der Waals surface area contributed by atoms with E-state index in [1.165, 1.54) is 40.1 Å². The maximum atomic E-state index is 14.4. The molecule has 9 heteroatoms. The number of amides is 2. The first kappa shape index (κ1) is 28.9. The molecule has 0 radical (unpaired) electrons. The second-order valence-corrected chi connectivity index (χ2v) is 10.2. The zero-order chi connectivity index (χ0) is 28.9. The van der Waals surface area contributed by atoms with E-state index in [1.54, 1.807) is 6.07 Å². The third-order valence-electron chi connectivity index (χ3n) is 6.64. The summed E-state index contributed by atoms with van der Waals surface area (Å²) >= 11 is 0. The molecule has 0 aliphatic carbocycles. The molecule has 1 aromatic heterocycles. The number of para-hydroxylation sites is 1. The average Bonchev–Trinajstić information content (AvgIpc) is 3.33. The number of hydrogen-bond donors (Lipinski definition) is 1. The molecule has 40 heavy (non-hydrogen) atoms. The average molecular weight is 554 g/mol. The summed E-state index contributed by atoms with van der Waals surface area (Å²) in [6.45, 7) is 4.05. The summed E-state index contributed by atoms with van der Waals surface area (Å²) in [4.78, 5) is 33.0.